The van der Waals surface area contributed by atoms with Gasteiger partial charge in [-0.3, -0.25) is 0 Å². The minimum absolute atomic E-state index is 0.0206. The molecule has 0 atom stereocenters. The molecule has 0 aliphatic heterocycles. The molecule has 11 rings (SSSR count). The molecule has 3 heteroatoms. The Morgan fingerprint density at radius 1 is 0.400 bits per heavy atom. The number of benzene rings is 9. The fraction of sp³-hybridized carbons (Fsp3) is 0. The Morgan fingerprint density at radius 3 is 1.87 bits per heavy atom. The lowest BCUT2D eigenvalue weighted by molar-refractivity contribution is 0.669. The van der Waals surface area contributed by atoms with Crippen molar-refractivity contribution in [3.63, 3.8) is 0 Å². The van der Waals surface area contributed by atoms with Gasteiger partial charge in [0, 0.05) is 44.0 Å². The zero-order chi connectivity index (χ0) is 44.1. The quantitative estimate of drug-likeness (QED) is 0.172. The molecule has 0 aliphatic carbocycles. The van der Waals surface area contributed by atoms with Gasteiger partial charge in [0.2, 0.25) is 0 Å². The Kier molecular flexibility index (Phi) is 5.37. The van der Waals surface area contributed by atoms with E-state index in [0.29, 0.717) is 11.3 Å². The first-order valence-electron chi connectivity index (χ1n) is 22.4. The van der Waals surface area contributed by atoms with Crippen LogP contribution in [0.25, 0.3) is 88.0 Å². The van der Waals surface area contributed by atoms with Crippen molar-refractivity contribution in [1.82, 2.24) is 0 Å². The minimum Gasteiger partial charge on any atom is -0.456 e. The van der Waals surface area contributed by atoms with Gasteiger partial charge in [-0.15, -0.1) is 0 Å². The zero-order valence-corrected chi connectivity index (χ0v) is 29.1. The third kappa shape index (κ3) is 5.20. The van der Waals surface area contributed by atoms with Gasteiger partial charge in [0.25, 0.3) is 0 Å². The molecule has 0 amide bonds. The molecule has 2 aromatic heterocycles. The largest absolute Gasteiger partial charge is 0.456 e. The summed E-state index contributed by atoms with van der Waals surface area (Å²) < 4.78 is 92.9. The summed E-state index contributed by atoms with van der Waals surface area (Å²) in [6.07, 6.45) is 0. The van der Waals surface area contributed by atoms with Crippen LogP contribution in [-0.4, -0.2) is 0 Å². The van der Waals surface area contributed by atoms with E-state index in [1.165, 1.54) is 0 Å². The molecule has 0 unspecified atom stereocenters. The highest BCUT2D eigenvalue weighted by Gasteiger charge is 2.21. The van der Waals surface area contributed by atoms with E-state index in [1.54, 1.807) is 0 Å². The first-order valence-corrected chi connectivity index (χ1v) is 17.9. The average Bonchev–Trinajstić information content (AvgIpc) is 3.92. The SMILES string of the molecule is [2H]c1c([2H])c(-c2ccccc2N(c2ccc(-c3ccccc3)cc2)c2ccc(-c3cccc4c3oc3ccccc34)cc2)c2c(oc3c([2H])c4c([2H])c([2H])c([2H])c([2H])c4c([2H])c32)c1[2H]. The van der Waals surface area contributed by atoms with Gasteiger partial charge < -0.3 is 13.7 Å². The maximum Gasteiger partial charge on any atom is 0.143 e. The highest BCUT2D eigenvalue weighted by molar-refractivity contribution is 6.17. The summed E-state index contributed by atoms with van der Waals surface area (Å²) in [5.74, 6) is 0. The van der Waals surface area contributed by atoms with Crippen molar-refractivity contribution in [3.05, 3.63) is 200 Å². The van der Waals surface area contributed by atoms with Crippen LogP contribution >= 0.6 is 0 Å². The predicted octanol–water partition coefficient (Wildman–Crippen LogP) is 15.1. The van der Waals surface area contributed by atoms with E-state index in [9.17, 15) is 4.11 Å². The van der Waals surface area contributed by atoms with Crippen molar-refractivity contribution >= 4 is 71.7 Å². The number of anilines is 3. The summed E-state index contributed by atoms with van der Waals surface area (Å²) in [5.41, 5.74) is 8.01. The standard InChI is InChI=1S/C52H33NO2/c1-2-12-34(13-3-1)35-24-28-39(29-25-35)53(40-30-26-36(27-31-40)41-18-10-20-45-43-17-7-9-22-48(43)55-52(41)45)47-21-8-6-16-42(47)44-19-11-23-49-51(44)46-32-37-14-4-5-15-38(37)33-50(46)54-49/h1-33H/i4D,5D,11D,14D,15D,19D,23D,32D,33D. The van der Waals surface area contributed by atoms with E-state index in [1.807, 2.05) is 138 Å². The van der Waals surface area contributed by atoms with Crippen molar-refractivity contribution in [3.8, 4) is 33.4 Å². The molecular formula is C52H33NO2. The Morgan fingerprint density at radius 2 is 1.05 bits per heavy atom. The average molecular weight is 713 g/mol. The molecule has 0 saturated heterocycles. The van der Waals surface area contributed by atoms with Gasteiger partial charge in [0.15, 0.2) is 0 Å². The Balaban J connectivity index is 1.16. The molecule has 0 N–H and O–H groups in total. The molecule has 258 valence electrons. The summed E-state index contributed by atoms with van der Waals surface area (Å²) in [6.45, 7) is 0. The van der Waals surface area contributed by atoms with Gasteiger partial charge in [0.05, 0.1) is 18.0 Å². The summed E-state index contributed by atoms with van der Waals surface area (Å²) in [5, 5.41) is 1.86. The van der Waals surface area contributed by atoms with Gasteiger partial charge in [-0.25, -0.2) is 0 Å². The number of hydrogen-bond acceptors (Lipinski definition) is 3. The third-order valence-electron chi connectivity index (χ3n) is 10.2. The second-order valence-corrected chi connectivity index (χ2v) is 13.4. The van der Waals surface area contributed by atoms with E-state index in [-0.39, 0.29) is 56.4 Å². The lowest BCUT2D eigenvalue weighted by Crippen LogP contribution is -2.11. The fourth-order valence-electron chi connectivity index (χ4n) is 7.62. The van der Waals surface area contributed by atoms with Gasteiger partial charge in [-0.1, -0.05) is 145 Å². The van der Waals surface area contributed by atoms with Crippen LogP contribution in [0.15, 0.2) is 209 Å². The molecule has 11 aromatic rings. The molecule has 3 nitrogen and oxygen atoms in total. The summed E-state index contributed by atoms with van der Waals surface area (Å²) in [4.78, 5) is 2.05. The maximum atomic E-state index is 9.49. The molecule has 9 aromatic carbocycles. The van der Waals surface area contributed by atoms with Gasteiger partial charge in [-0.2, -0.15) is 0 Å². The fourth-order valence-corrected chi connectivity index (χ4v) is 7.62. The molecule has 0 aliphatic rings. The minimum atomic E-state index is -0.548. The molecule has 0 bridgehead atoms. The van der Waals surface area contributed by atoms with Crippen LogP contribution in [0.2, 0.25) is 0 Å². The molecular weight excluding hydrogens is 671 g/mol. The summed E-state index contributed by atoms with van der Waals surface area (Å²) in [6, 6.07) is 43.8. The number of nitrogens with zero attached hydrogens (tertiary/aromatic N) is 1. The maximum absolute atomic E-state index is 9.49. The van der Waals surface area contributed by atoms with Gasteiger partial charge >= 0.3 is 0 Å². The zero-order valence-electron chi connectivity index (χ0n) is 38.1. The normalized spacial score (nSPS) is 13.9. The van der Waals surface area contributed by atoms with Crippen molar-refractivity contribution in [2.24, 2.45) is 0 Å². The van der Waals surface area contributed by atoms with Crippen molar-refractivity contribution < 1.29 is 21.2 Å². The van der Waals surface area contributed by atoms with Crippen LogP contribution in [-0.2, 0) is 0 Å². The van der Waals surface area contributed by atoms with Crippen LogP contribution in [0.3, 0.4) is 0 Å². The molecule has 2 heterocycles. The Labute approximate surface area is 330 Å². The van der Waals surface area contributed by atoms with Crippen molar-refractivity contribution in [2.75, 3.05) is 4.90 Å². The Bertz CT molecular complexity index is 3710. The van der Waals surface area contributed by atoms with E-state index < -0.39 is 36.3 Å². The second-order valence-electron chi connectivity index (χ2n) is 13.4. The highest BCUT2D eigenvalue weighted by atomic mass is 16.3. The third-order valence-corrected chi connectivity index (χ3v) is 10.2. The van der Waals surface area contributed by atoms with Crippen LogP contribution < -0.4 is 4.90 Å². The molecule has 0 spiro atoms. The molecule has 0 fully saturated rings. The number of para-hydroxylation sites is 3. The van der Waals surface area contributed by atoms with Crippen LogP contribution in [0.4, 0.5) is 17.1 Å². The van der Waals surface area contributed by atoms with E-state index in [4.69, 9.17) is 17.1 Å². The molecule has 0 radical (unpaired) electrons. The number of furan rings is 2. The number of hydrogen-bond donors (Lipinski definition) is 0. The monoisotopic (exact) mass is 712 g/mol. The lowest BCUT2D eigenvalue weighted by Gasteiger charge is -2.28. The van der Waals surface area contributed by atoms with E-state index in [2.05, 4.69) is 12.1 Å². The van der Waals surface area contributed by atoms with Crippen LogP contribution in [0.1, 0.15) is 12.3 Å². The van der Waals surface area contributed by atoms with Crippen molar-refractivity contribution in [1.29, 1.82) is 0 Å². The lowest BCUT2D eigenvalue weighted by atomic mass is 9.96. The number of rotatable bonds is 6. The molecule has 0 saturated carbocycles. The van der Waals surface area contributed by atoms with Gasteiger partial charge in [-0.05, 0) is 87.6 Å². The highest BCUT2D eigenvalue weighted by Crippen LogP contribution is 2.46. The van der Waals surface area contributed by atoms with Crippen LogP contribution in [0.5, 0.6) is 0 Å². The van der Waals surface area contributed by atoms with E-state index in [0.717, 1.165) is 55.6 Å². The van der Waals surface area contributed by atoms with Gasteiger partial charge in [0.1, 0.15) is 22.3 Å². The summed E-state index contributed by atoms with van der Waals surface area (Å²) in [7, 11) is 0. The second kappa shape index (κ2) is 12.6. The molecule has 55 heavy (non-hydrogen) atoms. The smallest absolute Gasteiger partial charge is 0.143 e. The topological polar surface area (TPSA) is 29.5 Å². The first-order chi connectivity index (χ1) is 31.0. The van der Waals surface area contributed by atoms with Crippen LogP contribution in [0, 0.1) is 0 Å². The first kappa shape index (κ1) is 23.3. The van der Waals surface area contributed by atoms with Crippen molar-refractivity contribution in [2.45, 2.75) is 0 Å². The summed E-state index contributed by atoms with van der Waals surface area (Å²) >= 11 is 0. The Hall–Kier alpha value is -7.36. The van der Waals surface area contributed by atoms with E-state index >= 15 is 0 Å². The predicted molar refractivity (Wildman–Crippen MR) is 229 cm³/mol. The number of fused-ring (bicyclic) bond motifs is 7.